The molecule has 0 radical (unpaired) electrons. The van der Waals surface area contributed by atoms with E-state index in [1.165, 1.54) is 5.56 Å². The van der Waals surface area contributed by atoms with Crippen molar-refractivity contribution in [1.82, 2.24) is 9.78 Å². The van der Waals surface area contributed by atoms with Crippen molar-refractivity contribution in [2.24, 2.45) is 18.2 Å². The zero-order valence-corrected chi connectivity index (χ0v) is 8.75. The number of aryl methyl sites for hydroxylation is 1. The first-order valence-corrected chi connectivity index (χ1v) is 4.77. The molecule has 13 heavy (non-hydrogen) atoms. The van der Waals surface area contributed by atoms with Gasteiger partial charge < -0.3 is 5.73 Å². The molecule has 74 valence electrons. The Kier molecular flexibility index (Phi) is 3.09. The van der Waals surface area contributed by atoms with Crippen molar-refractivity contribution in [2.45, 2.75) is 26.7 Å². The van der Waals surface area contributed by atoms with Crippen LogP contribution in [0.1, 0.15) is 25.8 Å². The minimum atomic E-state index is 0.225. The van der Waals surface area contributed by atoms with Gasteiger partial charge in [-0.2, -0.15) is 5.10 Å². The van der Waals surface area contributed by atoms with E-state index in [-0.39, 0.29) is 5.41 Å². The van der Waals surface area contributed by atoms with Crippen molar-refractivity contribution < 1.29 is 0 Å². The molecule has 2 N–H and O–H groups in total. The van der Waals surface area contributed by atoms with Crippen LogP contribution in [-0.2, 0) is 13.5 Å². The molecule has 0 aromatic carbocycles. The van der Waals surface area contributed by atoms with Gasteiger partial charge in [-0.05, 0) is 30.4 Å². The minimum absolute atomic E-state index is 0.225. The third-order valence-corrected chi connectivity index (χ3v) is 2.74. The van der Waals surface area contributed by atoms with E-state index in [0.717, 1.165) is 19.4 Å². The first kappa shape index (κ1) is 10.3. The summed E-state index contributed by atoms with van der Waals surface area (Å²) >= 11 is 0. The zero-order valence-electron chi connectivity index (χ0n) is 8.75. The summed E-state index contributed by atoms with van der Waals surface area (Å²) in [6.45, 7) is 5.14. The minimum Gasteiger partial charge on any atom is -0.330 e. The summed E-state index contributed by atoms with van der Waals surface area (Å²) in [6, 6.07) is 0. The quantitative estimate of drug-likeness (QED) is 0.761. The highest BCUT2D eigenvalue weighted by atomic mass is 15.2. The topological polar surface area (TPSA) is 43.8 Å². The maximum Gasteiger partial charge on any atom is 0.0521 e. The second-order valence-corrected chi connectivity index (χ2v) is 4.07. The van der Waals surface area contributed by atoms with Gasteiger partial charge in [-0.15, -0.1) is 0 Å². The van der Waals surface area contributed by atoms with E-state index in [1.807, 2.05) is 17.9 Å². The summed E-state index contributed by atoms with van der Waals surface area (Å²) in [7, 11) is 1.94. The summed E-state index contributed by atoms with van der Waals surface area (Å²) in [5.74, 6) is 0. The molecule has 0 aliphatic rings. The average molecular weight is 181 g/mol. The first-order chi connectivity index (χ1) is 6.09. The molecule has 0 saturated carbocycles. The molecule has 0 saturated heterocycles. The van der Waals surface area contributed by atoms with Gasteiger partial charge in [0.1, 0.15) is 0 Å². The Labute approximate surface area is 79.9 Å². The molecule has 3 heteroatoms. The molecule has 1 rings (SSSR count). The van der Waals surface area contributed by atoms with Crippen LogP contribution in [0.4, 0.5) is 0 Å². The lowest BCUT2D eigenvalue weighted by atomic mass is 9.82. The predicted molar refractivity (Wildman–Crippen MR) is 54.4 cm³/mol. The molecular weight excluding hydrogens is 162 g/mol. The van der Waals surface area contributed by atoms with Gasteiger partial charge >= 0.3 is 0 Å². The van der Waals surface area contributed by atoms with Gasteiger partial charge in [0.25, 0.3) is 0 Å². The maximum atomic E-state index is 5.74. The van der Waals surface area contributed by atoms with E-state index in [4.69, 9.17) is 5.73 Å². The van der Waals surface area contributed by atoms with Crippen LogP contribution < -0.4 is 5.73 Å². The third-order valence-electron chi connectivity index (χ3n) is 2.74. The molecule has 1 heterocycles. The normalized spacial score (nSPS) is 15.7. The van der Waals surface area contributed by atoms with E-state index in [9.17, 15) is 0 Å². The van der Waals surface area contributed by atoms with Crippen molar-refractivity contribution in [2.75, 3.05) is 6.54 Å². The molecule has 1 aromatic rings. The molecule has 0 fully saturated rings. The molecule has 0 bridgehead atoms. The van der Waals surface area contributed by atoms with Crippen LogP contribution >= 0.6 is 0 Å². The summed E-state index contributed by atoms with van der Waals surface area (Å²) in [5, 5.41) is 4.15. The number of rotatable bonds is 4. The SMILES string of the molecule is CCC(C)(CN)Cc1cnn(C)c1. The van der Waals surface area contributed by atoms with E-state index < -0.39 is 0 Å². The van der Waals surface area contributed by atoms with E-state index in [1.54, 1.807) is 0 Å². The van der Waals surface area contributed by atoms with E-state index in [2.05, 4.69) is 25.1 Å². The van der Waals surface area contributed by atoms with Gasteiger partial charge in [0.05, 0.1) is 6.20 Å². The molecule has 0 aliphatic carbocycles. The highest BCUT2D eigenvalue weighted by Crippen LogP contribution is 2.24. The fourth-order valence-electron chi connectivity index (χ4n) is 1.40. The Hall–Kier alpha value is -0.830. The van der Waals surface area contributed by atoms with E-state index >= 15 is 0 Å². The highest BCUT2D eigenvalue weighted by molar-refractivity contribution is 5.07. The van der Waals surface area contributed by atoms with Crippen LogP contribution in [0, 0.1) is 5.41 Å². The molecular formula is C10H19N3. The molecule has 1 atom stereocenters. The molecule has 0 amide bonds. The lowest BCUT2D eigenvalue weighted by molar-refractivity contribution is 0.320. The molecule has 1 unspecified atom stereocenters. The lowest BCUT2D eigenvalue weighted by Crippen LogP contribution is -2.28. The maximum absolute atomic E-state index is 5.74. The number of nitrogens with two attached hydrogens (primary N) is 1. The number of hydrogen-bond donors (Lipinski definition) is 1. The largest absolute Gasteiger partial charge is 0.330 e. The molecule has 1 aromatic heterocycles. The van der Waals surface area contributed by atoms with Gasteiger partial charge in [-0.25, -0.2) is 0 Å². The Morgan fingerprint density at radius 1 is 1.62 bits per heavy atom. The summed E-state index contributed by atoms with van der Waals surface area (Å²) in [6.07, 6.45) is 6.11. The van der Waals surface area contributed by atoms with Gasteiger partial charge in [0, 0.05) is 13.2 Å². The van der Waals surface area contributed by atoms with Crippen LogP contribution in [0.3, 0.4) is 0 Å². The third kappa shape index (κ3) is 2.56. The Bertz CT molecular complexity index is 261. The number of hydrogen-bond acceptors (Lipinski definition) is 2. The van der Waals surface area contributed by atoms with Crippen LogP contribution in [0.2, 0.25) is 0 Å². The van der Waals surface area contributed by atoms with Crippen molar-refractivity contribution in [3.63, 3.8) is 0 Å². The predicted octanol–water partition coefficient (Wildman–Crippen LogP) is 1.34. The fraction of sp³-hybridized carbons (Fsp3) is 0.700. The van der Waals surface area contributed by atoms with Crippen LogP contribution in [0.25, 0.3) is 0 Å². The molecule has 0 spiro atoms. The smallest absolute Gasteiger partial charge is 0.0521 e. The zero-order chi connectivity index (χ0) is 9.90. The second-order valence-electron chi connectivity index (χ2n) is 4.07. The average Bonchev–Trinajstić information content (AvgIpc) is 2.51. The lowest BCUT2D eigenvalue weighted by Gasteiger charge is -2.25. The number of aromatic nitrogens is 2. The van der Waals surface area contributed by atoms with Gasteiger partial charge in [-0.1, -0.05) is 13.8 Å². The fourth-order valence-corrected chi connectivity index (χ4v) is 1.40. The van der Waals surface area contributed by atoms with Crippen molar-refractivity contribution in [3.05, 3.63) is 18.0 Å². The molecule has 3 nitrogen and oxygen atoms in total. The van der Waals surface area contributed by atoms with Gasteiger partial charge in [0.15, 0.2) is 0 Å². The molecule has 0 aliphatic heterocycles. The summed E-state index contributed by atoms with van der Waals surface area (Å²) < 4.78 is 1.84. The van der Waals surface area contributed by atoms with Crippen LogP contribution in [0.5, 0.6) is 0 Å². The Morgan fingerprint density at radius 2 is 2.31 bits per heavy atom. The van der Waals surface area contributed by atoms with Gasteiger partial charge in [0.2, 0.25) is 0 Å². The summed E-state index contributed by atoms with van der Waals surface area (Å²) in [5.41, 5.74) is 7.25. The van der Waals surface area contributed by atoms with Gasteiger partial charge in [-0.3, -0.25) is 4.68 Å². The highest BCUT2D eigenvalue weighted by Gasteiger charge is 2.20. The first-order valence-electron chi connectivity index (χ1n) is 4.77. The second kappa shape index (κ2) is 3.92. The van der Waals surface area contributed by atoms with Crippen LogP contribution in [0.15, 0.2) is 12.4 Å². The van der Waals surface area contributed by atoms with Crippen molar-refractivity contribution in [3.8, 4) is 0 Å². The Balaban J connectivity index is 2.67. The number of nitrogens with zero attached hydrogens (tertiary/aromatic N) is 2. The van der Waals surface area contributed by atoms with Crippen molar-refractivity contribution >= 4 is 0 Å². The van der Waals surface area contributed by atoms with Crippen molar-refractivity contribution in [1.29, 1.82) is 0 Å². The van der Waals surface area contributed by atoms with E-state index in [0.29, 0.717) is 0 Å². The standard InChI is InChI=1S/C10H19N3/c1-4-10(2,8-11)5-9-6-12-13(3)7-9/h6-7H,4-5,8,11H2,1-3H3. The Morgan fingerprint density at radius 3 is 2.69 bits per heavy atom. The summed E-state index contributed by atoms with van der Waals surface area (Å²) in [4.78, 5) is 0. The monoisotopic (exact) mass is 181 g/mol. The van der Waals surface area contributed by atoms with Crippen LogP contribution in [-0.4, -0.2) is 16.3 Å².